The fourth-order valence-corrected chi connectivity index (χ4v) is 2.68. The predicted molar refractivity (Wildman–Crippen MR) is 89.0 cm³/mol. The van der Waals surface area contributed by atoms with Crippen molar-refractivity contribution in [2.45, 2.75) is 19.8 Å². The van der Waals surface area contributed by atoms with Crippen molar-refractivity contribution in [3.8, 4) is 5.75 Å². The average Bonchev–Trinajstić information content (AvgIpc) is 2.97. The Bertz CT molecular complexity index is 580. The Morgan fingerprint density at radius 3 is 2.90 bits per heavy atom. The highest BCUT2D eigenvalue weighted by molar-refractivity contribution is 8.14. The molecule has 0 bridgehead atoms. The maximum absolute atomic E-state index is 11.8. The van der Waals surface area contributed by atoms with Crippen LogP contribution in [0.3, 0.4) is 0 Å². The number of benzene rings is 1. The molecular weight excluding hydrogens is 284 g/mol. The molecule has 1 amide bonds. The maximum Gasteiger partial charge on any atom is 0.249 e. The Morgan fingerprint density at radius 2 is 2.29 bits per heavy atom. The quantitative estimate of drug-likeness (QED) is 0.870. The van der Waals surface area contributed by atoms with Gasteiger partial charge in [0.1, 0.15) is 5.75 Å². The van der Waals surface area contributed by atoms with Crippen LogP contribution in [0.25, 0.3) is 6.08 Å². The van der Waals surface area contributed by atoms with Crippen molar-refractivity contribution in [3.63, 3.8) is 0 Å². The van der Waals surface area contributed by atoms with E-state index in [9.17, 15) is 4.79 Å². The minimum Gasteiger partial charge on any atom is -0.496 e. The van der Waals surface area contributed by atoms with E-state index >= 15 is 0 Å². The molecule has 1 aromatic carbocycles. The lowest BCUT2D eigenvalue weighted by Crippen LogP contribution is -2.25. The number of methoxy groups -OCH3 is 1. The normalized spacial score (nSPS) is 14.6. The van der Waals surface area contributed by atoms with Gasteiger partial charge in [-0.1, -0.05) is 37.7 Å². The zero-order valence-electron chi connectivity index (χ0n) is 12.6. The molecule has 0 radical (unpaired) electrons. The van der Waals surface area contributed by atoms with Crippen LogP contribution in [0, 0.1) is 0 Å². The summed E-state index contributed by atoms with van der Waals surface area (Å²) < 4.78 is 5.39. The van der Waals surface area contributed by atoms with E-state index in [0.717, 1.165) is 23.6 Å². The van der Waals surface area contributed by atoms with Gasteiger partial charge < -0.3 is 10.1 Å². The van der Waals surface area contributed by atoms with Crippen molar-refractivity contribution in [2.24, 2.45) is 4.99 Å². The van der Waals surface area contributed by atoms with Gasteiger partial charge in [-0.2, -0.15) is 0 Å². The van der Waals surface area contributed by atoms with Crippen molar-refractivity contribution >= 4 is 28.9 Å². The number of carbonyl (C=O) groups excluding carboxylic acids is 1. The topological polar surface area (TPSA) is 50.7 Å². The first-order valence-electron chi connectivity index (χ1n) is 6.94. The molecule has 0 aromatic heterocycles. The van der Waals surface area contributed by atoms with Crippen molar-refractivity contribution in [2.75, 3.05) is 19.4 Å². The third-order valence-corrected chi connectivity index (χ3v) is 4.05. The molecule has 0 saturated carbocycles. The minimum absolute atomic E-state index is 0.168. The highest BCUT2D eigenvalue weighted by Gasteiger charge is 2.09. The average molecular weight is 304 g/mol. The second-order valence-electron chi connectivity index (χ2n) is 5.01. The van der Waals surface area contributed by atoms with E-state index in [1.54, 1.807) is 24.9 Å². The Kier molecular flexibility index (Phi) is 5.44. The zero-order valence-corrected chi connectivity index (χ0v) is 13.4. The van der Waals surface area contributed by atoms with Gasteiger partial charge in [0.25, 0.3) is 0 Å². The number of carbonyl (C=O) groups is 1. The summed E-state index contributed by atoms with van der Waals surface area (Å²) in [4.78, 5) is 16.0. The molecular formula is C16H20N2O2S. The van der Waals surface area contributed by atoms with Crippen LogP contribution in [0.2, 0.25) is 0 Å². The molecule has 0 saturated heterocycles. The fraction of sp³-hybridized carbons (Fsp3) is 0.375. The highest BCUT2D eigenvalue weighted by atomic mass is 32.2. The molecule has 21 heavy (non-hydrogen) atoms. The van der Waals surface area contributed by atoms with Crippen molar-refractivity contribution in [1.29, 1.82) is 0 Å². The van der Waals surface area contributed by atoms with Crippen LogP contribution in [0.15, 0.2) is 29.3 Å². The second-order valence-corrected chi connectivity index (χ2v) is 6.10. The van der Waals surface area contributed by atoms with Gasteiger partial charge in [0.2, 0.25) is 5.91 Å². The molecule has 0 spiro atoms. The van der Waals surface area contributed by atoms with Gasteiger partial charge in [0.15, 0.2) is 5.17 Å². The molecule has 5 heteroatoms. The first-order valence-corrected chi connectivity index (χ1v) is 7.93. The molecule has 1 heterocycles. The van der Waals surface area contributed by atoms with Crippen LogP contribution in [-0.2, 0) is 4.79 Å². The summed E-state index contributed by atoms with van der Waals surface area (Å²) >= 11 is 1.56. The molecule has 0 fully saturated rings. The Labute approximate surface area is 129 Å². The number of aliphatic imine (C=N–C) groups is 1. The van der Waals surface area contributed by atoms with Gasteiger partial charge in [0, 0.05) is 17.4 Å². The van der Waals surface area contributed by atoms with Gasteiger partial charge in [-0.05, 0) is 23.6 Å². The van der Waals surface area contributed by atoms with E-state index in [2.05, 4.69) is 30.2 Å². The van der Waals surface area contributed by atoms with E-state index in [-0.39, 0.29) is 5.91 Å². The van der Waals surface area contributed by atoms with E-state index < -0.39 is 0 Å². The van der Waals surface area contributed by atoms with E-state index in [0.29, 0.717) is 11.1 Å². The zero-order chi connectivity index (χ0) is 15.2. The Balaban J connectivity index is 2.07. The van der Waals surface area contributed by atoms with Crippen LogP contribution >= 0.6 is 11.8 Å². The van der Waals surface area contributed by atoms with E-state index in [1.165, 1.54) is 11.6 Å². The lowest BCUT2D eigenvalue weighted by Gasteiger charge is -2.10. The fourth-order valence-electron chi connectivity index (χ4n) is 1.95. The summed E-state index contributed by atoms with van der Waals surface area (Å²) in [5.74, 6) is 1.98. The molecule has 1 aliphatic rings. The first kappa shape index (κ1) is 15.6. The molecule has 0 atom stereocenters. The van der Waals surface area contributed by atoms with Crippen LogP contribution in [0.1, 0.15) is 30.9 Å². The number of hydrogen-bond acceptors (Lipinski definition) is 4. The van der Waals surface area contributed by atoms with Crippen LogP contribution in [-0.4, -0.2) is 30.5 Å². The molecule has 1 N–H and O–H groups in total. The maximum atomic E-state index is 11.8. The van der Waals surface area contributed by atoms with Gasteiger partial charge >= 0.3 is 0 Å². The molecule has 4 nitrogen and oxygen atoms in total. The summed E-state index contributed by atoms with van der Waals surface area (Å²) in [7, 11) is 1.64. The number of ether oxygens (including phenoxy) is 1. The summed E-state index contributed by atoms with van der Waals surface area (Å²) in [5.41, 5.74) is 2.10. The molecule has 0 unspecified atom stereocenters. The number of rotatable bonds is 4. The van der Waals surface area contributed by atoms with Gasteiger partial charge in [-0.15, -0.1) is 0 Å². The van der Waals surface area contributed by atoms with Crippen LogP contribution in [0.5, 0.6) is 5.75 Å². The van der Waals surface area contributed by atoms with E-state index in [1.807, 2.05) is 12.1 Å². The molecule has 1 aliphatic heterocycles. The number of thioether (sulfide) groups is 1. The van der Waals surface area contributed by atoms with Crippen LogP contribution < -0.4 is 10.1 Å². The third kappa shape index (κ3) is 4.36. The Morgan fingerprint density at radius 1 is 1.48 bits per heavy atom. The standard InChI is InChI=1S/C16H20N2O2S/c1-11(2)13-5-4-12(14(10-13)20-3)6-7-15(19)18-16-17-8-9-21-16/h4-7,10-11H,8-9H2,1-3H3,(H,17,18,19)/b7-6+. The third-order valence-electron chi connectivity index (χ3n) is 3.15. The summed E-state index contributed by atoms with van der Waals surface area (Å²) in [5, 5.41) is 3.46. The first-order chi connectivity index (χ1) is 10.1. The van der Waals surface area contributed by atoms with Crippen LogP contribution in [0.4, 0.5) is 0 Å². The monoisotopic (exact) mass is 304 g/mol. The number of amidine groups is 1. The smallest absolute Gasteiger partial charge is 0.249 e. The number of hydrogen-bond donors (Lipinski definition) is 1. The number of amides is 1. The molecule has 2 rings (SSSR count). The van der Waals surface area contributed by atoms with Crippen molar-refractivity contribution in [1.82, 2.24) is 5.32 Å². The minimum atomic E-state index is -0.168. The second kappa shape index (κ2) is 7.31. The molecule has 0 aliphatic carbocycles. The predicted octanol–water partition coefficient (Wildman–Crippen LogP) is 3.05. The summed E-state index contributed by atoms with van der Waals surface area (Å²) in [6.45, 7) is 5.05. The SMILES string of the molecule is COc1cc(C(C)C)ccc1/C=C/C(=O)NC1=NCCS1. The number of nitrogens with one attached hydrogen (secondary N) is 1. The largest absolute Gasteiger partial charge is 0.496 e. The lowest BCUT2D eigenvalue weighted by atomic mass is 10.0. The Hall–Kier alpha value is -1.75. The van der Waals surface area contributed by atoms with Crippen molar-refractivity contribution in [3.05, 3.63) is 35.4 Å². The molecule has 1 aromatic rings. The van der Waals surface area contributed by atoms with Gasteiger partial charge in [-0.3, -0.25) is 9.79 Å². The summed E-state index contributed by atoms with van der Waals surface area (Å²) in [6, 6.07) is 6.04. The van der Waals surface area contributed by atoms with Gasteiger partial charge in [0.05, 0.1) is 13.7 Å². The van der Waals surface area contributed by atoms with Crippen molar-refractivity contribution < 1.29 is 9.53 Å². The molecule has 112 valence electrons. The van der Waals surface area contributed by atoms with E-state index in [4.69, 9.17) is 4.74 Å². The highest BCUT2D eigenvalue weighted by Crippen LogP contribution is 2.25. The summed E-state index contributed by atoms with van der Waals surface area (Å²) in [6.07, 6.45) is 3.27. The number of nitrogens with zero attached hydrogens (tertiary/aromatic N) is 1. The van der Waals surface area contributed by atoms with Gasteiger partial charge in [-0.25, -0.2) is 0 Å². The lowest BCUT2D eigenvalue weighted by molar-refractivity contribution is -0.115.